The van der Waals surface area contributed by atoms with Crippen LogP contribution in [0.25, 0.3) is 5.69 Å². The van der Waals surface area contributed by atoms with E-state index in [1.165, 1.54) is 0 Å². The summed E-state index contributed by atoms with van der Waals surface area (Å²) in [7, 11) is 0. The van der Waals surface area contributed by atoms with Crippen LogP contribution in [0.2, 0.25) is 5.02 Å². The SMILES string of the molecule is Nc1nnc(SCc2cccc(Cl)c2)n1-c1ccccc1. The lowest BCUT2D eigenvalue weighted by Gasteiger charge is -2.07. The Balaban J connectivity index is 1.84. The molecule has 3 aromatic rings. The van der Waals surface area contributed by atoms with Gasteiger partial charge in [0.15, 0.2) is 5.16 Å². The van der Waals surface area contributed by atoms with Crippen molar-refractivity contribution in [2.24, 2.45) is 0 Å². The molecule has 0 saturated carbocycles. The van der Waals surface area contributed by atoms with E-state index in [1.807, 2.05) is 59.2 Å². The van der Waals surface area contributed by atoms with E-state index in [9.17, 15) is 0 Å². The zero-order chi connectivity index (χ0) is 14.7. The number of aromatic nitrogens is 3. The summed E-state index contributed by atoms with van der Waals surface area (Å²) in [5.74, 6) is 1.14. The molecule has 3 rings (SSSR count). The van der Waals surface area contributed by atoms with Crippen LogP contribution in [-0.2, 0) is 5.75 Å². The quantitative estimate of drug-likeness (QED) is 0.744. The third-order valence-corrected chi connectivity index (χ3v) is 4.16. The second-order valence-electron chi connectivity index (χ2n) is 4.43. The summed E-state index contributed by atoms with van der Waals surface area (Å²) in [5, 5.41) is 9.61. The zero-order valence-corrected chi connectivity index (χ0v) is 12.7. The Labute approximate surface area is 132 Å². The van der Waals surface area contributed by atoms with Gasteiger partial charge in [0.05, 0.1) is 5.69 Å². The molecule has 0 aliphatic rings. The second kappa shape index (κ2) is 6.20. The summed E-state index contributed by atoms with van der Waals surface area (Å²) in [6.07, 6.45) is 0. The van der Waals surface area contributed by atoms with Crippen LogP contribution < -0.4 is 5.73 Å². The van der Waals surface area contributed by atoms with Gasteiger partial charge in [0.1, 0.15) is 0 Å². The normalized spacial score (nSPS) is 10.7. The first-order valence-corrected chi connectivity index (χ1v) is 7.74. The van der Waals surface area contributed by atoms with E-state index in [1.54, 1.807) is 11.8 Å². The number of nitrogen functional groups attached to an aromatic ring is 1. The molecule has 2 N–H and O–H groups in total. The van der Waals surface area contributed by atoms with Crippen molar-refractivity contribution >= 4 is 29.3 Å². The monoisotopic (exact) mass is 316 g/mol. The Hall–Kier alpha value is -1.98. The molecule has 1 aromatic heterocycles. The zero-order valence-electron chi connectivity index (χ0n) is 11.1. The summed E-state index contributed by atoms with van der Waals surface area (Å²) in [5.41, 5.74) is 8.01. The Morgan fingerprint density at radius 1 is 1.05 bits per heavy atom. The molecule has 1 heterocycles. The summed E-state index contributed by atoms with van der Waals surface area (Å²) in [6, 6.07) is 17.6. The minimum atomic E-state index is 0.384. The summed E-state index contributed by atoms with van der Waals surface area (Å²) in [4.78, 5) is 0. The largest absolute Gasteiger partial charge is 0.368 e. The number of para-hydroxylation sites is 1. The molecule has 2 aromatic carbocycles. The number of benzene rings is 2. The number of rotatable bonds is 4. The fourth-order valence-corrected chi connectivity index (χ4v) is 3.08. The molecule has 106 valence electrons. The van der Waals surface area contributed by atoms with Crippen molar-refractivity contribution in [2.45, 2.75) is 10.9 Å². The molecule has 21 heavy (non-hydrogen) atoms. The van der Waals surface area contributed by atoms with Crippen molar-refractivity contribution in [1.82, 2.24) is 14.8 Å². The van der Waals surface area contributed by atoms with E-state index < -0.39 is 0 Å². The fourth-order valence-electron chi connectivity index (χ4n) is 1.97. The molecule has 0 aliphatic heterocycles. The predicted octanol–water partition coefficient (Wildman–Crippen LogP) is 3.80. The molecule has 6 heteroatoms. The topological polar surface area (TPSA) is 56.7 Å². The molecular weight excluding hydrogens is 304 g/mol. The molecule has 0 atom stereocenters. The van der Waals surface area contributed by atoms with Gasteiger partial charge >= 0.3 is 0 Å². The van der Waals surface area contributed by atoms with Crippen LogP contribution >= 0.6 is 23.4 Å². The number of thioether (sulfide) groups is 1. The van der Waals surface area contributed by atoms with Gasteiger partial charge in [-0.05, 0) is 29.8 Å². The van der Waals surface area contributed by atoms with Crippen molar-refractivity contribution < 1.29 is 0 Å². The number of halogens is 1. The minimum Gasteiger partial charge on any atom is -0.368 e. The third kappa shape index (κ3) is 3.20. The van der Waals surface area contributed by atoms with Crippen LogP contribution in [0, 0.1) is 0 Å². The highest BCUT2D eigenvalue weighted by molar-refractivity contribution is 7.98. The molecule has 0 spiro atoms. The van der Waals surface area contributed by atoms with Gasteiger partial charge in [0, 0.05) is 10.8 Å². The maximum absolute atomic E-state index is 6.00. The van der Waals surface area contributed by atoms with Crippen LogP contribution in [0.15, 0.2) is 59.8 Å². The smallest absolute Gasteiger partial charge is 0.227 e. The van der Waals surface area contributed by atoms with Crippen LogP contribution in [0.4, 0.5) is 5.95 Å². The molecule has 0 bridgehead atoms. The van der Waals surface area contributed by atoms with Crippen LogP contribution in [0.3, 0.4) is 0 Å². The van der Waals surface area contributed by atoms with Crippen molar-refractivity contribution in [3.8, 4) is 5.69 Å². The summed E-state index contributed by atoms with van der Waals surface area (Å²) in [6.45, 7) is 0. The second-order valence-corrected chi connectivity index (χ2v) is 5.81. The highest BCUT2D eigenvalue weighted by atomic mass is 35.5. The molecule has 0 fully saturated rings. The first kappa shape index (κ1) is 14.0. The first-order chi connectivity index (χ1) is 10.2. The fraction of sp³-hybridized carbons (Fsp3) is 0.0667. The van der Waals surface area contributed by atoms with Crippen molar-refractivity contribution in [3.05, 3.63) is 65.2 Å². The number of hydrogen-bond acceptors (Lipinski definition) is 4. The lowest BCUT2D eigenvalue weighted by atomic mass is 10.2. The lowest BCUT2D eigenvalue weighted by Crippen LogP contribution is -2.01. The molecule has 0 aliphatic carbocycles. The molecule has 0 saturated heterocycles. The van der Waals surface area contributed by atoms with Gasteiger partial charge in [-0.2, -0.15) is 0 Å². The molecule has 4 nitrogen and oxygen atoms in total. The van der Waals surface area contributed by atoms with Gasteiger partial charge in [-0.1, -0.05) is 53.7 Å². The maximum atomic E-state index is 6.00. The Morgan fingerprint density at radius 2 is 1.86 bits per heavy atom. The van der Waals surface area contributed by atoms with Gasteiger partial charge in [0.25, 0.3) is 0 Å². The number of nitrogens with zero attached hydrogens (tertiary/aromatic N) is 3. The number of hydrogen-bond donors (Lipinski definition) is 1. The van der Waals surface area contributed by atoms with Crippen LogP contribution in [-0.4, -0.2) is 14.8 Å². The lowest BCUT2D eigenvalue weighted by molar-refractivity contribution is 0.887. The van der Waals surface area contributed by atoms with E-state index in [2.05, 4.69) is 10.2 Å². The Kier molecular flexibility index (Phi) is 4.13. The summed E-state index contributed by atoms with van der Waals surface area (Å²) < 4.78 is 1.84. The van der Waals surface area contributed by atoms with E-state index in [-0.39, 0.29) is 0 Å². The highest BCUT2D eigenvalue weighted by Crippen LogP contribution is 2.26. The first-order valence-electron chi connectivity index (χ1n) is 6.37. The maximum Gasteiger partial charge on any atom is 0.227 e. The van der Waals surface area contributed by atoms with E-state index in [0.717, 1.165) is 27.2 Å². The third-order valence-electron chi connectivity index (χ3n) is 2.93. The van der Waals surface area contributed by atoms with Crippen LogP contribution in [0.1, 0.15) is 5.56 Å². The predicted molar refractivity (Wildman–Crippen MR) is 86.8 cm³/mol. The van der Waals surface area contributed by atoms with Crippen molar-refractivity contribution in [3.63, 3.8) is 0 Å². The van der Waals surface area contributed by atoms with Crippen LogP contribution in [0.5, 0.6) is 0 Å². The van der Waals surface area contributed by atoms with Gasteiger partial charge in [-0.15, -0.1) is 10.2 Å². The van der Waals surface area contributed by atoms with Gasteiger partial charge in [0.2, 0.25) is 5.95 Å². The highest BCUT2D eigenvalue weighted by Gasteiger charge is 2.11. The Bertz CT molecular complexity index is 742. The summed E-state index contributed by atoms with van der Waals surface area (Å²) >= 11 is 7.57. The Morgan fingerprint density at radius 3 is 2.62 bits per heavy atom. The van der Waals surface area contributed by atoms with Gasteiger partial charge in [-0.25, -0.2) is 0 Å². The standard InChI is InChI=1S/C15H13ClN4S/c16-12-6-4-5-11(9-12)10-21-15-19-18-14(17)20(15)13-7-2-1-3-8-13/h1-9H,10H2,(H2,17,18). The number of nitrogens with two attached hydrogens (primary N) is 1. The molecule has 0 radical (unpaired) electrons. The van der Waals surface area contributed by atoms with E-state index in [4.69, 9.17) is 17.3 Å². The van der Waals surface area contributed by atoms with E-state index in [0.29, 0.717) is 5.95 Å². The molecule has 0 amide bonds. The molecule has 0 unspecified atom stereocenters. The average molecular weight is 317 g/mol. The van der Waals surface area contributed by atoms with Gasteiger partial charge < -0.3 is 5.73 Å². The average Bonchev–Trinajstić information content (AvgIpc) is 2.87. The molecular formula is C15H13ClN4S. The van der Waals surface area contributed by atoms with E-state index >= 15 is 0 Å². The number of anilines is 1. The minimum absolute atomic E-state index is 0.384. The van der Waals surface area contributed by atoms with Crippen molar-refractivity contribution in [2.75, 3.05) is 5.73 Å². The van der Waals surface area contributed by atoms with Crippen molar-refractivity contribution in [1.29, 1.82) is 0 Å². The van der Waals surface area contributed by atoms with Gasteiger partial charge in [-0.3, -0.25) is 4.57 Å².